The fourth-order valence-corrected chi connectivity index (χ4v) is 3.40. The number of nitrogens with zero attached hydrogens (tertiary/aromatic N) is 1. The molecule has 6 heteroatoms. The molecular formula is C24H27BrN2O3. The van der Waals surface area contributed by atoms with Crippen LogP contribution >= 0.6 is 15.9 Å². The zero-order valence-electron chi connectivity index (χ0n) is 17.4. The van der Waals surface area contributed by atoms with E-state index in [-0.39, 0.29) is 0 Å². The average molecular weight is 471 g/mol. The summed E-state index contributed by atoms with van der Waals surface area (Å²) in [5.41, 5.74) is 3.48. The molecule has 3 rings (SSSR count). The van der Waals surface area contributed by atoms with Crippen molar-refractivity contribution in [1.29, 1.82) is 0 Å². The van der Waals surface area contributed by atoms with E-state index >= 15 is 0 Å². The third-order valence-corrected chi connectivity index (χ3v) is 5.42. The van der Waals surface area contributed by atoms with Gasteiger partial charge in [-0.15, -0.1) is 0 Å². The number of pyridine rings is 1. The third-order valence-electron chi connectivity index (χ3n) is 4.68. The van der Waals surface area contributed by atoms with Crippen LogP contribution in [0, 0.1) is 6.92 Å². The largest absolute Gasteiger partial charge is 0.493 e. The molecule has 0 bridgehead atoms. The number of rotatable bonds is 11. The molecular weight excluding hydrogens is 444 g/mol. The Morgan fingerprint density at radius 2 is 1.80 bits per heavy atom. The van der Waals surface area contributed by atoms with Gasteiger partial charge in [0.05, 0.1) is 13.7 Å². The number of benzene rings is 2. The molecule has 0 fully saturated rings. The Balaban J connectivity index is 1.49. The Morgan fingerprint density at radius 3 is 2.57 bits per heavy atom. The molecule has 5 nitrogen and oxygen atoms in total. The Labute approximate surface area is 186 Å². The van der Waals surface area contributed by atoms with Gasteiger partial charge in [0.2, 0.25) is 5.88 Å². The van der Waals surface area contributed by atoms with E-state index in [4.69, 9.17) is 14.2 Å². The molecule has 1 heterocycles. The molecule has 0 aliphatic heterocycles. The minimum atomic E-state index is 0.503. The lowest BCUT2D eigenvalue weighted by molar-refractivity contribution is 0.283. The number of nitrogens with one attached hydrogen (secondary N) is 1. The van der Waals surface area contributed by atoms with E-state index in [1.54, 1.807) is 13.3 Å². The van der Waals surface area contributed by atoms with E-state index in [1.807, 2.05) is 42.5 Å². The quantitative estimate of drug-likeness (QED) is 0.385. The lowest BCUT2D eigenvalue weighted by Crippen LogP contribution is -2.17. The van der Waals surface area contributed by atoms with Gasteiger partial charge in [0.25, 0.3) is 0 Å². The predicted molar refractivity (Wildman–Crippen MR) is 122 cm³/mol. The first-order valence-corrected chi connectivity index (χ1v) is 10.7. The summed E-state index contributed by atoms with van der Waals surface area (Å²) in [6.45, 7) is 4.78. The van der Waals surface area contributed by atoms with Crippen LogP contribution in [0.1, 0.15) is 23.1 Å². The summed E-state index contributed by atoms with van der Waals surface area (Å²) in [7, 11) is 1.66. The van der Waals surface area contributed by atoms with E-state index in [0.29, 0.717) is 19.1 Å². The molecule has 30 heavy (non-hydrogen) atoms. The van der Waals surface area contributed by atoms with Gasteiger partial charge in [0.1, 0.15) is 6.61 Å². The molecule has 1 N–H and O–H groups in total. The van der Waals surface area contributed by atoms with Crippen molar-refractivity contribution in [2.24, 2.45) is 0 Å². The second-order valence-electron chi connectivity index (χ2n) is 6.86. The Morgan fingerprint density at radius 1 is 0.967 bits per heavy atom. The van der Waals surface area contributed by atoms with Gasteiger partial charge < -0.3 is 19.5 Å². The summed E-state index contributed by atoms with van der Waals surface area (Å²) in [4.78, 5) is 4.15. The Kier molecular flexibility index (Phi) is 8.53. The minimum Gasteiger partial charge on any atom is -0.493 e. The zero-order valence-corrected chi connectivity index (χ0v) is 18.9. The Bertz CT molecular complexity index is 935. The van der Waals surface area contributed by atoms with Gasteiger partial charge in [-0.2, -0.15) is 0 Å². The average Bonchev–Trinajstić information content (AvgIpc) is 2.77. The highest BCUT2D eigenvalue weighted by Gasteiger charge is 2.11. The molecule has 1 aromatic heterocycles. The van der Waals surface area contributed by atoms with Crippen LogP contribution in [0.15, 0.2) is 65.3 Å². The summed E-state index contributed by atoms with van der Waals surface area (Å²) < 4.78 is 18.2. The lowest BCUT2D eigenvalue weighted by atomic mass is 10.1. The number of aryl methyl sites for hydroxylation is 1. The van der Waals surface area contributed by atoms with E-state index in [2.05, 4.69) is 45.3 Å². The monoisotopic (exact) mass is 470 g/mol. The summed E-state index contributed by atoms with van der Waals surface area (Å²) in [5, 5.41) is 3.44. The standard InChI is InChI=1S/C24H27BrN2O3/c1-18-8-3-4-9-19(18)17-30-23-15-21(25)20(14-22(23)28-2)16-26-11-7-13-29-24-10-5-6-12-27-24/h3-6,8-10,12,14-15,26H,7,11,13,16-17H2,1-2H3. The maximum Gasteiger partial charge on any atom is 0.213 e. The van der Waals surface area contributed by atoms with Crippen LogP contribution in [0.3, 0.4) is 0 Å². The van der Waals surface area contributed by atoms with Crippen molar-refractivity contribution in [3.63, 3.8) is 0 Å². The number of hydrogen-bond donors (Lipinski definition) is 1. The van der Waals surface area contributed by atoms with Crippen LogP contribution in [-0.2, 0) is 13.2 Å². The molecule has 0 atom stereocenters. The van der Waals surface area contributed by atoms with Gasteiger partial charge in [0, 0.05) is 23.3 Å². The maximum absolute atomic E-state index is 6.03. The van der Waals surface area contributed by atoms with E-state index in [1.165, 1.54) is 5.56 Å². The highest BCUT2D eigenvalue weighted by Crippen LogP contribution is 2.34. The van der Waals surface area contributed by atoms with Gasteiger partial charge in [-0.05, 0) is 54.8 Å². The van der Waals surface area contributed by atoms with Gasteiger partial charge in [-0.25, -0.2) is 4.98 Å². The van der Waals surface area contributed by atoms with E-state index in [9.17, 15) is 0 Å². The number of ether oxygens (including phenoxy) is 3. The molecule has 0 saturated heterocycles. The lowest BCUT2D eigenvalue weighted by Gasteiger charge is -2.15. The summed E-state index contributed by atoms with van der Waals surface area (Å²) >= 11 is 3.66. The van der Waals surface area contributed by atoms with Gasteiger partial charge >= 0.3 is 0 Å². The van der Waals surface area contributed by atoms with Crippen molar-refractivity contribution in [3.05, 3.63) is 82.0 Å². The molecule has 0 radical (unpaired) electrons. The summed E-state index contributed by atoms with van der Waals surface area (Å²) in [6.07, 6.45) is 2.62. The van der Waals surface area contributed by atoms with Crippen LogP contribution in [0.4, 0.5) is 0 Å². The van der Waals surface area contributed by atoms with Crippen LogP contribution in [0.2, 0.25) is 0 Å². The van der Waals surface area contributed by atoms with Crippen LogP contribution < -0.4 is 19.5 Å². The number of methoxy groups -OCH3 is 1. The highest BCUT2D eigenvalue weighted by atomic mass is 79.9. The highest BCUT2D eigenvalue weighted by molar-refractivity contribution is 9.10. The van der Waals surface area contributed by atoms with Crippen LogP contribution in [0.25, 0.3) is 0 Å². The zero-order chi connectivity index (χ0) is 21.2. The predicted octanol–water partition coefficient (Wildman–Crippen LogP) is 5.30. The van der Waals surface area contributed by atoms with Crippen molar-refractivity contribution in [2.75, 3.05) is 20.3 Å². The first kappa shape index (κ1) is 22.1. The van der Waals surface area contributed by atoms with Crippen LogP contribution in [0.5, 0.6) is 17.4 Å². The second kappa shape index (κ2) is 11.6. The smallest absolute Gasteiger partial charge is 0.213 e. The number of halogens is 1. The Hall–Kier alpha value is -2.57. The fourth-order valence-electron chi connectivity index (χ4n) is 2.94. The maximum atomic E-state index is 6.03. The van der Waals surface area contributed by atoms with Crippen molar-refractivity contribution < 1.29 is 14.2 Å². The van der Waals surface area contributed by atoms with Crippen molar-refractivity contribution >= 4 is 15.9 Å². The molecule has 0 saturated carbocycles. The topological polar surface area (TPSA) is 52.6 Å². The molecule has 0 aliphatic rings. The van der Waals surface area contributed by atoms with Gasteiger partial charge in [-0.3, -0.25) is 0 Å². The molecule has 3 aromatic rings. The molecule has 0 unspecified atom stereocenters. The van der Waals surface area contributed by atoms with E-state index < -0.39 is 0 Å². The SMILES string of the molecule is COc1cc(CNCCCOc2ccccn2)c(Br)cc1OCc1ccccc1C. The number of hydrogen-bond acceptors (Lipinski definition) is 5. The normalized spacial score (nSPS) is 10.6. The van der Waals surface area contributed by atoms with E-state index in [0.717, 1.165) is 46.6 Å². The van der Waals surface area contributed by atoms with Crippen molar-refractivity contribution in [3.8, 4) is 17.4 Å². The molecule has 0 aliphatic carbocycles. The van der Waals surface area contributed by atoms with Crippen molar-refractivity contribution in [2.45, 2.75) is 26.5 Å². The molecule has 2 aromatic carbocycles. The summed E-state index contributed by atoms with van der Waals surface area (Å²) in [5.74, 6) is 2.11. The molecule has 158 valence electrons. The third kappa shape index (κ3) is 6.47. The van der Waals surface area contributed by atoms with Crippen LogP contribution in [-0.4, -0.2) is 25.2 Å². The first-order chi connectivity index (χ1) is 14.7. The first-order valence-electron chi connectivity index (χ1n) is 9.95. The van der Waals surface area contributed by atoms with Gasteiger partial charge in [-0.1, -0.05) is 46.3 Å². The summed E-state index contributed by atoms with van der Waals surface area (Å²) in [6, 6.07) is 17.8. The molecule has 0 spiro atoms. The van der Waals surface area contributed by atoms with Crippen molar-refractivity contribution in [1.82, 2.24) is 10.3 Å². The number of aromatic nitrogens is 1. The van der Waals surface area contributed by atoms with Gasteiger partial charge in [0.15, 0.2) is 11.5 Å². The molecule has 0 amide bonds. The minimum absolute atomic E-state index is 0.503. The second-order valence-corrected chi connectivity index (χ2v) is 7.71. The fraction of sp³-hybridized carbons (Fsp3) is 0.292.